The molecule has 92 valence electrons. The van der Waals surface area contributed by atoms with Crippen LogP contribution in [0.25, 0.3) is 16.6 Å². The van der Waals surface area contributed by atoms with Crippen molar-refractivity contribution in [3.8, 4) is 5.75 Å². The molecule has 6 heteroatoms. The molecule has 0 spiro atoms. The molecule has 1 heterocycles. The lowest BCUT2D eigenvalue weighted by Crippen LogP contribution is -2.19. The second kappa shape index (κ2) is 4.48. The fraction of sp³-hybridized carbons (Fsp3) is 0. The van der Waals surface area contributed by atoms with Crippen LogP contribution in [0.2, 0.25) is 10.0 Å². The second-order valence-electron chi connectivity index (χ2n) is 3.53. The number of phenols is 1. The van der Waals surface area contributed by atoms with Gasteiger partial charge in [-0.1, -0.05) is 36.4 Å². The molecule has 0 amide bonds. The SMILES string of the molecule is C=CC(=C)n1cnc2c(O)c(Cl)cc(Cl)c2c1=O. The van der Waals surface area contributed by atoms with Crippen molar-refractivity contribution in [1.82, 2.24) is 9.55 Å². The van der Waals surface area contributed by atoms with Crippen LogP contribution in [0, 0.1) is 0 Å². The third-order valence-electron chi connectivity index (χ3n) is 2.46. The fourth-order valence-electron chi connectivity index (χ4n) is 1.52. The van der Waals surface area contributed by atoms with Crippen LogP contribution < -0.4 is 5.56 Å². The largest absolute Gasteiger partial charge is 0.504 e. The molecular formula is C12H8Cl2N2O2. The molecule has 2 rings (SSSR count). The summed E-state index contributed by atoms with van der Waals surface area (Å²) in [5, 5.41) is 10.0. The molecule has 0 unspecified atom stereocenters. The van der Waals surface area contributed by atoms with E-state index in [1.807, 2.05) is 0 Å². The standard InChI is InChI=1S/C12H8Cl2N2O2/c1-3-6(2)16-5-15-10-9(12(16)18)7(13)4-8(14)11(10)17/h3-5,17H,1-2H2. The van der Waals surface area contributed by atoms with Gasteiger partial charge in [-0.25, -0.2) is 4.98 Å². The fourth-order valence-corrected chi connectivity index (χ4v) is 2.05. The number of rotatable bonds is 2. The summed E-state index contributed by atoms with van der Waals surface area (Å²) < 4.78 is 1.19. The van der Waals surface area contributed by atoms with Crippen LogP contribution in [0.1, 0.15) is 0 Å². The first-order valence-corrected chi connectivity index (χ1v) is 5.63. The van der Waals surface area contributed by atoms with Crippen LogP contribution in [-0.4, -0.2) is 14.7 Å². The highest BCUT2D eigenvalue weighted by molar-refractivity contribution is 6.39. The Morgan fingerprint density at radius 3 is 2.72 bits per heavy atom. The molecule has 2 aromatic rings. The van der Waals surface area contributed by atoms with Gasteiger partial charge in [0.1, 0.15) is 11.8 Å². The molecule has 1 aromatic heterocycles. The maximum absolute atomic E-state index is 12.2. The summed E-state index contributed by atoms with van der Waals surface area (Å²) >= 11 is 11.7. The first-order chi connectivity index (χ1) is 8.47. The van der Waals surface area contributed by atoms with Crippen molar-refractivity contribution < 1.29 is 5.11 Å². The minimum absolute atomic E-state index is 0.0414. The zero-order valence-corrected chi connectivity index (χ0v) is 10.7. The summed E-state index contributed by atoms with van der Waals surface area (Å²) in [6.45, 7) is 7.18. The molecule has 0 aliphatic carbocycles. The first-order valence-electron chi connectivity index (χ1n) is 4.87. The van der Waals surface area contributed by atoms with Gasteiger partial charge in [0.05, 0.1) is 15.4 Å². The Balaban J connectivity index is 2.97. The van der Waals surface area contributed by atoms with Gasteiger partial charge in [0.2, 0.25) is 0 Å². The first kappa shape index (κ1) is 12.7. The van der Waals surface area contributed by atoms with Gasteiger partial charge in [0.15, 0.2) is 5.75 Å². The average molecular weight is 283 g/mol. The quantitative estimate of drug-likeness (QED) is 0.862. The highest BCUT2D eigenvalue weighted by Crippen LogP contribution is 2.34. The van der Waals surface area contributed by atoms with Gasteiger partial charge in [0, 0.05) is 5.70 Å². The van der Waals surface area contributed by atoms with Crippen molar-refractivity contribution >= 4 is 39.8 Å². The lowest BCUT2D eigenvalue weighted by Gasteiger charge is -2.08. The molecule has 18 heavy (non-hydrogen) atoms. The third-order valence-corrected chi connectivity index (χ3v) is 3.05. The summed E-state index contributed by atoms with van der Waals surface area (Å²) in [6, 6.07) is 1.30. The zero-order valence-electron chi connectivity index (χ0n) is 9.15. The molecule has 0 radical (unpaired) electrons. The number of halogens is 2. The number of phenolic OH excluding ortho intramolecular Hbond substituents is 1. The van der Waals surface area contributed by atoms with E-state index in [-0.39, 0.29) is 26.7 Å². The molecule has 1 N–H and O–H groups in total. The summed E-state index contributed by atoms with van der Waals surface area (Å²) in [7, 11) is 0. The smallest absolute Gasteiger partial charge is 0.267 e. The summed E-state index contributed by atoms with van der Waals surface area (Å²) in [5.74, 6) is -0.274. The van der Waals surface area contributed by atoms with Gasteiger partial charge < -0.3 is 5.11 Å². The van der Waals surface area contributed by atoms with Gasteiger partial charge >= 0.3 is 0 Å². The Morgan fingerprint density at radius 1 is 1.44 bits per heavy atom. The second-order valence-corrected chi connectivity index (χ2v) is 4.34. The van der Waals surface area contributed by atoms with E-state index in [9.17, 15) is 9.90 Å². The molecular weight excluding hydrogens is 275 g/mol. The number of fused-ring (bicyclic) bond motifs is 1. The lowest BCUT2D eigenvalue weighted by atomic mass is 10.2. The van der Waals surface area contributed by atoms with E-state index in [1.165, 1.54) is 23.0 Å². The predicted octanol–water partition coefficient (Wildman–Crippen LogP) is 3.07. The van der Waals surface area contributed by atoms with Gasteiger partial charge in [0.25, 0.3) is 5.56 Å². The third kappa shape index (κ3) is 1.79. The topological polar surface area (TPSA) is 55.1 Å². The summed E-state index contributed by atoms with van der Waals surface area (Å²) in [5.41, 5.74) is -0.0209. The highest BCUT2D eigenvalue weighted by Gasteiger charge is 2.15. The molecule has 0 atom stereocenters. The number of aromatic hydroxyl groups is 1. The zero-order chi connectivity index (χ0) is 13.4. The Morgan fingerprint density at radius 2 is 2.11 bits per heavy atom. The van der Waals surface area contributed by atoms with Crippen LogP contribution in [0.4, 0.5) is 0 Å². The van der Waals surface area contributed by atoms with Crippen LogP contribution in [0.15, 0.2) is 36.4 Å². The van der Waals surface area contributed by atoms with Crippen LogP contribution in [0.5, 0.6) is 5.75 Å². The maximum atomic E-state index is 12.2. The molecule has 0 bridgehead atoms. The van der Waals surface area contributed by atoms with Crippen LogP contribution in [0.3, 0.4) is 0 Å². The molecule has 0 aliphatic heterocycles. The number of hydrogen-bond donors (Lipinski definition) is 1. The molecule has 0 saturated carbocycles. The van der Waals surface area contributed by atoms with E-state index >= 15 is 0 Å². The van der Waals surface area contributed by atoms with Gasteiger partial charge in [-0.05, 0) is 12.1 Å². The molecule has 4 nitrogen and oxygen atoms in total. The molecule has 1 aromatic carbocycles. The normalized spacial score (nSPS) is 10.6. The maximum Gasteiger partial charge on any atom is 0.267 e. The Hall–Kier alpha value is -1.78. The lowest BCUT2D eigenvalue weighted by molar-refractivity contribution is 0.480. The number of benzene rings is 1. The van der Waals surface area contributed by atoms with Crippen molar-refractivity contribution in [3.63, 3.8) is 0 Å². The Kier molecular flexibility index (Phi) is 3.15. The monoisotopic (exact) mass is 282 g/mol. The van der Waals surface area contributed by atoms with E-state index in [2.05, 4.69) is 18.1 Å². The molecule has 0 saturated heterocycles. The number of allylic oxidation sites excluding steroid dienone is 2. The van der Waals surface area contributed by atoms with Crippen molar-refractivity contribution in [3.05, 3.63) is 52.0 Å². The number of hydrogen-bond acceptors (Lipinski definition) is 3. The highest BCUT2D eigenvalue weighted by atomic mass is 35.5. The average Bonchev–Trinajstić information content (AvgIpc) is 2.34. The van der Waals surface area contributed by atoms with Gasteiger partial charge in [-0.15, -0.1) is 0 Å². The minimum atomic E-state index is -0.443. The predicted molar refractivity (Wildman–Crippen MR) is 73.2 cm³/mol. The number of nitrogens with zero attached hydrogens (tertiary/aromatic N) is 2. The molecule has 0 fully saturated rings. The van der Waals surface area contributed by atoms with Crippen LogP contribution in [-0.2, 0) is 0 Å². The minimum Gasteiger partial charge on any atom is -0.504 e. The van der Waals surface area contributed by atoms with E-state index in [4.69, 9.17) is 23.2 Å². The van der Waals surface area contributed by atoms with Crippen molar-refractivity contribution in [2.75, 3.05) is 0 Å². The summed E-state index contributed by atoms with van der Waals surface area (Å²) in [4.78, 5) is 16.2. The van der Waals surface area contributed by atoms with Crippen molar-refractivity contribution in [2.45, 2.75) is 0 Å². The Bertz CT molecular complexity index is 735. The van der Waals surface area contributed by atoms with E-state index in [0.29, 0.717) is 5.70 Å². The number of aromatic nitrogens is 2. The summed E-state index contributed by atoms with van der Waals surface area (Å²) in [6.07, 6.45) is 2.65. The van der Waals surface area contributed by atoms with Gasteiger partial charge in [-0.2, -0.15) is 0 Å². The van der Waals surface area contributed by atoms with E-state index < -0.39 is 5.56 Å². The van der Waals surface area contributed by atoms with Crippen LogP contribution >= 0.6 is 23.2 Å². The van der Waals surface area contributed by atoms with Gasteiger partial charge in [-0.3, -0.25) is 9.36 Å². The van der Waals surface area contributed by atoms with Crippen molar-refractivity contribution in [2.24, 2.45) is 0 Å². The molecule has 0 aliphatic rings. The Labute approximate surface area is 112 Å². The van der Waals surface area contributed by atoms with E-state index in [0.717, 1.165) is 0 Å². The van der Waals surface area contributed by atoms with Crippen molar-refractivity contribution in [1.29, 1.82) is 0 Å². The van der Waals surface area contributed by atoms with E-state index in [1.54, 1.807) is 0 Å².